The standard InChI is InChI=1S/C20H32N4O2/c1-14-11-24(12-15(2)26-14)20-21-9-7-16(22-20)13-23-10-8-19(25)17-5-3-4-6-18(17)23/h7,9,14-15,17-19,25H,3-6,8,10-13H2,1-2H3/t14-,15-,17-,18+,19+/m1/s1. The molecule has 3 aliphatic rings. The number of nitrogens with zero attached hydrogens (tertiary/aromatic N) is 4. The van der Waals surface area contributed by atoms with Crippen molar-refractivity contribution in [2.75, 3.05) is 24.5 Å². The van der Waals surface area contributed by atoms with Crippen molar-refractivity contribution in [3.8, 4) is 0 Å². The molecule has 0 amide bonds. The number of aromatic nitrogens is 2. The van der Waals surface area contributed by atoms with Gasteiger partial charge >= 0.3 is 0 Å². The van der Waals surface area contributed by atoms with E-state index in [0.717, 1.165) is 44.2 Å². The van der Waals surface area contributed by atoms with Gasteiger partial charge in [-0.25, -0.2) is 9.97 Å². The third-order valence-electron chi connectivity index (χ3n) is 6.22. The minimum Gasteiger partial charge on any atom is -0.393 e. The van der Waals surface area contributed by atoms with Crippen LogP contribution in [0, 0.1) is 5.92 Å². The first-order chi connectivity index (χ1) is 12.6. The molecule has 26 heavy (non-hydrogen) atoms. The maximum Gasteiger partial charge on any atom is 0.225 e. The van der Waals surface area contributed by atoms with E-state index in [1.807, 2.05) is 12.3 Å². The summed E-state index contributed by atoms with van der Waals surface area (Å²) < 4.78 is 5.83. The van der Waals surface area contributed by atoms with Gasteiger partial charge in [-0.1, -0.05) is 12.8 Å². The molecule has 1 N–H and O–H groups in total. The lowest BCUT2D eigenvalue weighted by Gasteiger charge is -2.46. The minimum absolute atomic E-state index is 0.117. The van der Waals surface area contributed by atoms with Crippen molar-refractivity contribution in [1.82, 2.24) is 14.9 Å². The Morgan fingerprint density at radius 1 is 1.15 bits per heavy atom. The second kappa shape index (κ2) is 7.79. The zero-order chi connectivity index (χ0) is 18.1. The fourth-order valence-corrected chi connectivity index (χ4v) is 5.09. The van der Waals surface area contributed by atoms with Crippen molar-refractivity contribution >= 4 is 5.95 Å². The number of ether oxygens (including phenoxy) is 1. The highest BCUT2D eigenvalue weighted by Crippen LogP contribution is 2.36. The number of morpholine rings is 1. The van der Waals surface area contributed by atoms with Gasteiger partial charge in [-0.05, 0) is 39.2 Å². The molecule has 144 valence electrons. The Labute approximate surface area is 156 Å². The first kappa shape index (κ1) is 18.1. The first-order valence-electron chi connectivity index (χ1n) is 10.2. The Hall–Kier alpha value is -1.24. The molecular weight excluding hydrogens is 328 g/mol. The van der Waals surface area contributed by atoms with Gasteiger partial charge in [-0.3, -0.25) is 4.90 Å². The highest BCUT2D eigenvalue weighted by molar-refractivity contribution is 5.31. The van der Waals surface area contributed by atoms with Crippen LogP contribution in [0.3, 0.4) is 0 Å². The van der Waals surface area contributed by atoms with Crippen LogP contribution < -0.4 is 4.90 Å². The smallest absolute Gasteiger partial charge is 0.225 e. The summed E-state index contributed by atoms with van der Waals surface area (Å²) in [5, 5.41) is 10.4. The average Bonchev–Trinajstić information content (AvgIpc) is 2.64. The molecule has 0 aromatic carbocycles. The molecule has 1 aliphatic carbocycles. The maximum absolute atomic E-state index is 10.4. The normalized spacial score (nSPS) is 36.0. The molecular formula is C20H32N4O2. The van der Waals surface area contributed by atoms with Crippen molar-refractivity contribution in [3.63, 3.8) is 0 Å². The highest BCUT2D eigenvalue weighted by Gasteiger charge is 2.38. The van der Waals surface area contributed by atoms with Gasteiger partial charge in [0.15, 0.2) is 0 Å². The summed E-state index contributed by atoms with van der Waals surface area (Å²) in [5.74, 6) is 1.27. The van der Waals surface area contributed by atoms with Gasteiger partial charge in [0.2, 0.25) is 5.95 Å². The van der Waals surface area contributed by atoms with E-state index in [-0.39, 0.29) is 18.3 Å². The number of hydrogen-bond acceptors (Lipinski definition) is 6. The lowest BCUT2D eigenvalue weighted by atomic mass is 9.76. The predicted octanol–water partition coefficient (Wildman–Crippen LogP) is 2.22. The predicted molar refractivity (Wildman–Crippen MR) is 101 cm³/mol. The van der Waals surface area contributed by atoms with Gasteiger partial charge in [0, 0.05) is 44.3 Å². The van der Waals surface area contributed by atoms with Crippen LogP contribution >= 0.6 is 0 Å². The molecule has 3 heterocycles. The number of hydrogen-bond donors (Lipinski definition) is 1. The van der Waals surface area contributed by atoms with Gasteiger partial charge in [0.05, 0.1) is 24.0 Å². The molecule has 2 aliphatic heterocycles. The molecule has 4 rings (SSSR count). The summed E-state index contributed by atoms with van der Waals surface area (Å²) in [7, 11) is 0. The SMILES string of the molecule is C[C@@H]1CN(c2nccc(CN3CC[C@H](O)[C@@H]4CCCC[C@@H]43)n2)C[C@@H](C)O1. The van der Waals surface area contributed by atoms with Crippen molar-refractivity contribution in [2.24, 2.45) is 5.92 Å². The van der Waals surface area contributed by atoms with Crippen molar-refractivity contribution in [1.29, 1.82) is 0 Å². The topological polar surface area (TPSA) is 61.7 Å². The summed E-state index contributed by atoms with van der Waals surface area (Å²) in [4.78, 5) is 14.2. The van der Waals surface area contributed by atoms with Crippen molar-refractivity contribution in [2.45, 2.75) is 76.9 Å². The molecule has 0 spiro atoms. The molecule has 1 saturated carbocycles. The van der Waals surface area contributed by atoms with E-state index < -0.39 is 0 Å². The van der Waals surface area contributed by atoms with E-state index in [4.69, 9.17) is 9.72 Å². The lowest BCUT2D eigenvalue weighted by molar-refractivity contribution is -0.0398. The van der Waals surface area contributed by atoms with Crippen molar-refractivity contribution < 1.29 is 9.84 Å². The molecule has 0 bridgehead atoms. The van der Waals surface area contributed by atoms with E-state index in [0.29, 0.717) is 12.0 Å². The van der Waals surface area contributed by atoms with E-state index in [1.54, 1.807) is 0 Å². The number of likely N-dealkylation sites (tertiary alicyclic amines) is 1. The molecule has 0 unspecified atom stereocenters. The van der Waals surface area contributed by atoms with Gasteiger partial charge in [0.1, 0.15) is 0 Å². The summed E-state index contributed by atoms with van der Waals surface area (Å²) in [6, 6.07) is 2.55. The summed E-state index contributed by atoms with van der Waals surface area (Å²) in [6.07, 6.45) is 7.99. The minimum atomic E-state index is -0.117. The quantitative estimate of drug-likeness (QED) is 0.892. The fourth-order valence-electron chi connectivity index (χ4n) is 5.09. The van der Waals surface area contributed by atoms with Crippen LogP contribution in [-0.4, -0.2) is 64.0 Å². The van der Waals surface area contributed by atoms with Crippen molar-refractivity contribution in [3.05, 3.63) is 18.0 Å². The number of rotatable bonds is 3. The van der Waals surface area contributed by atoms with Crippen LogP contribution in [-0.2, 0) is 11.3 Å². The molecule has 6 nitrogen and oxygen atoms in total. The zero-order valence-electron chi connectivity index (χ0n) is 16.0. The molecule has 5 atom stereocenters. The lowest BCUT2D eigenvalue weighted by Crippen LogP contribution is -2.52. The number of aliphatic hydroxyl groups excluding tert-OH is 1. The van der Waals surface area contributed by atoms with Gasteiger partial charge < -0.3 is 14.7 Å². The first-order valence-corrected chi connectivity index (χ1v) is 10.2. The van der Waals surface area contributed by atoms with Crippen LogP contribution in [0.5, 0.6) is 0 Å². The molecule has 6 heteroatoms. The van der Waals surface area contributed by atoms with Crippen LogP contribution in [0.25, 0.3) is 0 Å². The third kappa shape index (κ3) is 3.87. The van der Waals surface area contributed by atoms with E-state index >= 15 is 0 Å². The number of piperidine rings is 1. The molecule has 1 aromatic rings. The Kier molecular flexibility index (Phi) is 5.43. The molecule has 2 saturated heterocycles. The maximum atomic E-state index is 10.4. The molecule has 0 radical (unpaired) electrons. The summed E-state index contributed by atoms with van der Waals surface area (Å²) in [5.41, 5.74) is 1.09. The monoisotopic (exact) mass is 360 g/mol. The van der Waals surface area contributed by atoms with Crippen LogP contribution in [0.4, 0.5) is 5.95 Å². The van der Waals surface area contributed by atoms with Gasteiger partial charge in [-0.2, -0.15) is 0 Å². The number of fused-ring (bicyclic) bond motifs is 1. The van der Waals surface area contributed by atoms with E-state index in [9.17, 15) is 5.11 Å². The Morgan fingerprint density at radius 2 is 1.92 bits per heavy atom. The van der Waals surface area contributed by atoms with Crippen LogP contribution in [0.1, 0.15) is 51.6 Å². The third-order valence-corrected chi connectivity index (χ3v) is 6.22. The highest BCUT2D eigenvalue weighted by atomic mass is 16.5. The van der Waals surface area contributed by atoms with E-state index in [1.165, 1.54) is 25.7 Å². The molecule has 3 fully saturated rings. The van der Waals surface area contributed by atoms with Gasteiger partial charge in [-0.15, -0.1) is 0 Å². The average molecular weight is 361 g/mol. The van der Waals surface area contributed by atoms with Crippen LogP contribution in [0.15, 0.2) is 12.3 Å². The second-order valence-electron chi connectivity index (χ2n) is 8.35. The Balaban J connectivity index is 1.47. The van der Waals surface area contributed by atoms with Gasteiger partial charge in [0.25, 0.3) is 0 Å². The fraction of sp³-hybridized carbons (Fsp3) is 0.800. The summed E-state index contributed by atoms with van der Waals surface area (Å²) >= 11 is 0. The Morgan fingerprint density at radius 3 is 2.73 bits per heavy atom. The van der Waals surface area contributed by atoms with E-state index in [2.05, 4.69) is 28.6 Å². The zero-order valence-corrected chi connectivity index (χ0v) is 16.0. The Bertz CT molecular complexity index is 603. The number of anilines is 1. The summed E-state index contributed by atoms with van der Waals surface area (Å²) in [6.45, 7) is 7.72. The van der Waals surface area contributed by atoms with Crippen LogP contribution in [0.2, 0.25) is 0 Å². The second-order valence-corrected chi connectivity index (χ2v) is 8.35. The largest absolute Gasteiger partial charge is 0.393 e. The number of aliphatic hydroxyl groups is 1. The molecule has 1 aromatic heterocycles.